The van der Waals surface area contributed by atoms with Crippen LogP contribution in [0.3, 0.4) is 0 Å². The van der Waals surface area contributed by atoms with E-state index >= 15 is 0 Å². The monoisotopic (exact) mass is 412 g/mol. The Morgan fingerprint density at radius 3 is 2.52 bits per heavy atom. The molecule has 0 saturated carbocycles. The predicted molar refractivity (Wildman–Crippen MR) is 118 cm³/mol. The third-order valence-electron chi connectivity index (χ3n) is 5.92. The van der Waals surface area contributed by atoms with E-state index in [0.29, 0.717) is 22.1 Å². The molecule has 6 heteroatoms. The number of carbonyl (C=O) groups is 2. The van der Waals surface area contributed by atoms with Crippen LogP contribution in [-0.4, -0.2) is 16.8 Å². The first-order valence-corrected chi connectivity index (χ1v) is 10.0. The average Bonchev–Trinajstić information content (AvgIpc) is 2.97. The Hall–Kier alpha value is -3.93. The summed E-state index contributed by atoms with van der Waals surface area (Å²) in [6.07, 6.45) is 0. The van der Waals surface area contributed by atoms with E-state index in [1.165, 1.54) is 6.07 Å². The van der Waals surface area contributed by atoms with Crippen LogP contribution < -0.4 is 10.9 Å². The molecule has 1 unspecified atom stereocenters. The number of urea groups is 1. The molecule has 2 heterocycles. The van der Waals surface area contributed by atoms with Crippen molar-refractivity contribution in [2.45, 2.75) is 25.9 Å². The van der Waals surface area contributed by atoms with Gasteiger partial charge in [-0.3, -0.25) is 9.69 Å². The Morgan fingerprint density at radius 1 is 0.935 bits per heavy atom. The summed E-state index contributed by atoms with van der Waals surface area (Å²) in [5.74, 6) is -0.360. The molecule has 1 fully saturated rings. The van der Waals surface area contributed by atoms with Gasteiger partial charge in [-0.25, -0.2) is 9.59 Å². The van der Waals surface area contributed by atoms with Crippen molar-refractivity contribution in [1.82, 2.24) is 10.2 Å². The Balaban J connectivity index is 1.53. The van der Waals surface area contributed by atoms with Crippen LogP contribution in [0.4, 0.5) is 4.79 Å². The Kier molecular flexibility index (Phi) is 4.18. The molecule has 0 radical (unpaired) electrons. The van der Waals surface area contributed by atoms with Crippen molar-refractivity contribution in [3.05, 3.63) is 93.8 Å². The summed E-state index contributed by atoms with van der Waals surface area (Å²) in [6, 6.07) is 19.9. The minimum atomic E-state index is -1.19. The summed E-state index contributed by atoms with van der Waals surface area (Å²) in [6.45, 7) is 3.59. The highest BCUT2D eigenvalue weighted by molar-refractivity contribution is 6.07. The highest BCUT2D eigenvalue weighted by Gasteiger charge is 2.49. The van der Waals surface area contributed by atoms with Gasteiger partial charge in [0.2, 0.25) is 0 Å². The Bertz CT molecular complexity index is 1440. The highest BCUT2D eigenvalue weighted by atomic mass is 16.4. The van der Waals surface area contributed by atoms with E-state index in [1.807, 2.05) is 61.5 Å². The van der Waals surface area contributed by atoms with Crippen LogP contribution in [0.5, 0.6) is 0 Å². The molecule has 3 aromatic carbocycles. The van der Waals surface area contributed by atoms with Crippen LogP contribution in [0, 0.1) is 6.92 Å². The predicted octanol–water partition coefficient (Wildman–Crippen LogP) is 4.22. The lowest BCUT2D eigenvalue weighted by Crippen LogP contribution is -2.40. The van der Waals surface area contributed by atoms with Gasteiger partial charge in [-0.15, -0.1) is 0 Å². The molecule has 154 valence electrons. The molecular formula is C25H20N2O4. The van der Waals surface area contributed by atoms with Crippen molar-refractivity contribution >= 4 is 33.7 Å². The third kappa shape index (κ3) is 3.08. The van der Waals surface area contributed by atoms with Crippen LogP contribution in [0.25, 0.3) is 21.7 Å². The lowest BCUT2D eigenvalue weighted by molar-refractivity contribution is -0.131. The summed E-state index contributed by atoms with van der Waals surface area (Å²) in [5, 5.41) is 5.58. The molecule has 0 bridgehead atoms. The van der Waals surface area contributed by atoms with Gasteiger partial charge in [0, 0.05) is 11.5 Å². The summed E-state index contributed by atoms with van der Waals surface area (Å²) < 4.78 is 5.29. The molecule has 1 N–H and O–H groups in total. The van der Waals surface area contributed by atoms with E-state index in [0.717, 1.165) is 21.2 Å². The Labute approximate surface area is 178 Å². The van der Waals surface area contributed by atoms with E-state index in [9.17, 15) is 14.4 Å². The number of nitrogens with zero attached hydrogens (tertiary/aromatic N) is 1. The van der Waals surface area contributed by atoms with Crippen LogP contribution in [-0.2, 0) is 16.9 Å². The molecule has 1 aromatic heterocycles. The molecule has 5 rings (SSSR count). The fourth-order valence-electron chi connectivity index (χ4n) is 4.17. The largest absolute Gasteiger partial charge is 0.423 e. The first-order valence-electron chi connectivity index (χ1n) is 10.0. The number of hydrogen-bond acceptors (Lipinski definition) is 4. The molecule has 0 spiro atoms. The fraction of sp³-hybridized carbons (Fsp3) is 0.160. The van der Waals surface area contributed by atoms with Gasteiger partial charge in [0.05, 0.1) is 6.54 Å². The standard InChI is InChI=1S/C25H20N2O4/c1-15-7-10-20-18(13-22(28)31-21(20)11-15)14-27-23(29)25(2,26-24(27)30)19-9-8-16-5-3-4-6-17(16)12-19/h3-13H,14H2,1-2H3,(H,26,30). The number of fused-ring (bicyclic) bond motifs is 2. The van der Waals surface area contributed by atoms with Gasteiger partial charge in [-0.1, -0.05) is 48.5 Å². The smallest absolute Gasteiger partial charge is 0.336 e. The van der Waals surface area contributed by atoms with E-state index in [1.54, 1.807) is 13.0 Å². The van der Waals surface area contributed by atoms with Crippen molar-refractivity contribution in [2.75, 3.05) is 0 Å². The number of nitrogens with one attached hydrogen (secondary N) is 1. The number of amides is 3. The molecule has 4 aromatic rings. The van der Waals surface area contributed by atoms with Gasteiger partial charge < -0.3 is 9.73 Å². The van der Waals surface area contributed by atoms with E-state index in [4.69, 9.17) is 4.42 Å². The second-order valence-corrected chi connectivity index (χ2v) is 8.10. The zero-order valence-corrected chi connectivity index (χ0v) is 17.1. The maximum absolute atomic E-state index is 13.4. The molecule has 6 nitrogen and oxygen atoms in total. The summed E-state index contributed by atoms with van der Waals surface area (Å²) in [7, 11) is 0. The maximum Gasteiger partial charge on any atom is 0.336 e. The number of imide groups is 1. The zero-order valence-electron chi connectivity index (χ0n) is 17.1. The SMILES string of the molecule is Cc1ccc2c(CN3C(=O)NC(C)(c4ccc5ccccc5c4)C3=O)cc(=O)oc2c1. The average molecular weight is 412 g/mol. The van der Waals surface area contributed by atoms with E-state index in [-0.39, 0.29) is 12.5 Å². The van der Waals surface area contributed by atoms with Gasteiger partial charge in [0.1, 0.15) is 11.1 Å². The van der Waals surface area contributed by atoms with Gasteiger partial charge in [-0.2, -0.15) is 0 Å². The minimum absolute atomic E-state index is 0.0149. The molecule has 1 aliphatic rings. The van der Waals surface area contributed by atoms with Crippen LogP contribution >= 0.6 is 0 Å². The normalized spacial score (nSPS) is 18.7. The van der Waals surface area contributed by atoms with Gasteiger partial charge in [0.25, 0.3) is 5.91 Å². The lowest BCUT2D eigenvalue weighted by Gasteiger charge is -2.23. The summed E-state index contributed by atoms with van der Waals surface area (Å²) >= 11 is 0. The van der Waals surface area contributed by atoms with Crippen molar-refractivity contribution in [2.24, 2.45) is 0 Å². The van der Waals surface area contributed by atoms with Crippen LogP contribution in [0.2, 0.25) is 0 Å². The fourth-order valence-corrected chi connectivity index (χ4v) is 4.17. The second-order valence-electron chi connectivity index (χ2n) is 8.10. The van der Waals surface area contributed by atoms with Crippen molar-refractivity contribution < 1.29 is 14.0 Å². The number of carbonyl (C=O) groups excluding carboxylic acids is 2. The van der Waals surface area contributed by atoms with E-state index < -0.39 is 17.2 Å². The first kappa shape index (κ1) is 19.1. The topological polar surface area (TPSA) is 79.6 Å². The third-order valence-corrected chi connectivity index (χ3v) is 5.92. The van der Waals surface area contributed by atoms with Crippen LogP contribution in [0.15, 0.2) is 75.9 Å². The molecule has 0 aliphatic carbocycles. The van der Waals surface area contributed by atoms with E-state index in [2.05, 4.69) is 5.32 Å². The number of rotatable bonds is 3. The van der Waals surface area contributed by atoms with Gasteiger partial charge >= 0.3 is 11.7 Å². The zero-order chi connectivity index (χ0) is 21.8. The first-order chi connectivity index (χ1) is 14.8. The molecule has 31 heavy (non-hydrogen) atoms. The van der Waals surface area contributed by atoms with Crippen LogP contribution in [0.1, 0.15) is 23.6 Å². The number of aryl methyl sites for hydroxylation is 1. The van der Waals surface area contributed by atoms with Gasteiger partial charge in [-0.05, 0) is 53.4 Å². The summed E-state index contributed by atoms with van der Waals surface area (Å²) in [5.41, 5.74) is 0.959. The minimum Gasteiger partial charge on any atom is -0.423 e. The maximum atomic E-state index is 13.4. The van der Waals surface area contributed by atoms with Crippen molar-refractivity contribution in [3.8, 4) is 0 Å². The molecule has 3 amide bonds. The molecule has 1 aliphatic heterocycles. The molecular weight excluding hydrogens is 392 g/mol. The highest BCUT2D eigenvalue weighted by Crippen LogP contribution is 2.32. The molecule has 1 atom stereocenters. The quantitative estimate of drug-likeness (QED) is 0.404. The van der Waals surface area contributed by atoms with Crippen molar-refractivity contribution in [1.29, 1.82) is 0 Å². The molecule has 1 saturated heterocycles. The number of hydrogen-bond donors (Lipinski definition) is 1. The lowest BCUT2D eigenvalue weighted by atomic mass is 9.90. The van der Waals surface area contributed by atoms with Gasteiger partial charge in [0.15, 0.2) is 0 Å². The second kappa shape index (κ2) is 6.80. The van der Waals surface area contributed by atoms with Crippen molar-refractivity contribution in [3.63, 3.8) is 0 Å². The summed E-state index contributed by atoms with van der Waals surface area (Å²) in [4.78, 5) is 39.4. The Morgan fingerprint density at radius 2 is 1.71 bits per heavy atom. The number of benzene rings is 3.